The first-order valence-electron chi connectivity index (χ1n) is 10.2. The van der Waals surface area contributed by atoms with Crippen LogP contribution in [0.5, 0.6) is 5.75 Å². The fourth-order valence-electron chi connectivity index (χ4n) is 3.20. The number of ether oxygens (including phenoxy) is 2. The molecule has 0 atom stereocenters. The molecule has 2 amide bonds. The Hall–Kier alpha value is -3.06. The molecular formula is C23H25ClN2O5. The lowest BCUT2D eigenvalue weighted by atomic mass is 10.2. The van der Waals surface area contributed by atoms with Crippen molar-refractivity contribution in [3.05, 3.63) is 53.1 Å². The molecule has 1 N–H and O–H groups in total. The largest absolute Gasteiger partial charge is 0.494 e. The zero-order chi connectivity index (χ0) is 22.2. The second-order valence-corrected chi connectivity index (χ2v) is 7.68. The van der Waals surface area contributed by atoms with Gasteiger partial charge in [-0.1, -0.05) is 17.7 Å². The number of carbonyl (C=O) groups is 3. The smallest absolute Gasteiger partial charge is 0.306 e. The Balaban J connectivity index is 1.36. The predicted molar refractivity (Wildman–Crippen MR) is 119 cm³/mol. The normalized spacial score (nSPS) is 13.2. The topological polar surface area (TPSA) is 84.9 Å². The lowest BCUT2D eigenvalue weighted by molar-refractivity contribution is -0.147. The lowest BCUT2D eigenvalue weighted by Crippen LogP contribution is -2.24. The van der Waals surface area contributed by atoms with Crippen LogP contribution in [0.1, 0.15) is 31.2 Å². The molecule has 2 aromatic carbocycles. The Morgan fingerprint density at radius 3 is 2.77 bits per heavy atom. The summed E-state index contributed by atoms with van der Waals surface area (Å²) in [4.78, 5) is 37.5. The summed E-state index contributed by atoms with van der Waals surface area (Å²) < 4.78 is 10.6. The predicted octanol–water partition coefficient (Wildman–Crippen LogP) is 4.12. The van der Waals surface area contributed by atoms with Crippen LogP contribution in [0, 0.1) is 6.92 Å². The van der Waals surface area contributed by atoms with Crippen molar-refractivity contribution in [1.82, 2.24) is 0 Å². The first-order chi connectivity index (χ1) is 14.9. The van der Waals surface area contributed by atoms with Gasteiger partial charge in [0.1, 0.15) is 5.75 Å². The summed E-state index contributed by atoms with van der Waals surface area (Å²) in [5.74, 6) is -0.145. The Bertz CT molecular complexity index is 963. The van der Waals surface area contributed by atoms with Crippen molar-refractivity contribution >= 4 is 40.8 Å². The highest BCUT2D eigenvalue weighted by Crippen LogP contribution is 2.24. The van der Waals surface area contributed by atoms with Gasteiger partial charge >= 0.3 is 5.97 Å². The Morgan fingerprint density at radius 1 is 1.19 bits per heavy atom. The molecule has 0 radical (unpaired) electrons. The van der Waals surface area contributed by atoms with Crippen LogP contribution in [0.15, 0.2) is 42.5 Å². The highest BCUT2D eigenvalue weighted by Gasteiger charge is 2.21. The fourth-order valence-corrected chi connectivity index (χ4v) is 3.32. The van der Waals surface area contributed by atoms with Crippen molar-refractivity contribution in [3.63, 3.8) is 0 Å². The average Bonchev–Trinajstić information content (AvgIpc) is 3.18. The molecule has 0 aliphatic carbocycles. The number of hydrogen-bond donors (Lipinski definition) is 1. The van der Waals surface area contributed by atoms with E-state index in [2.05, 4.69) is 5.32 Å². The first-order valence-corrected chi connectivity index (χ1v) is 10.5. The molecule has 0 bridgehead atoms. The molecule has 1 saturated heterocycles. The molecule has 1 aliphatic rings. The number of anilines is 2. The van der Waals surface area contributed by atoms with Crippen LogP contribution in [0.2, 0.25) is 5.02 Å². The van der Waals surface area contributed by atoms with Gasteiger partial charge in [0, 0.05) is 35.8 Å². The first kappa shape index (κ1) is 22.6. The van der Waals surface area contributed by atoms with Crippen molar-refractivity contribution in [2.45, 2.75) is 32.6 Å². The third kappa shape index (κ3) is 6.72. The summed E-state index contributed by atoms with van der Waals surface area (Å²) in [5, 5.41) is 3.36. The van der Waals surface area contributed by atoms with Gasteiger partial charge in [-0.15, -0.1) is 0 Å². The van der Waals surface area contributed by atoms with Gasteiger partial charge in [0.25, 0.3) is 5.91 Å². The van der Waals surface area contributed by atoms with E-state index in [0.29, 0.717) is 42.5 Å². The number of carbonyl (C=O) groups excluding carboxylic acids is 3. The molecule has 0 saturated carbocycles. The third-order valence-corrected chi connectivity index (χ3v) is 5.23. The van der Waals surface area contributed by atoms with Crippen molar-refractivity contribution < 1.29 is 23.9 Å². The summed E-state index contributed by atoms with van der Waals surface area (Å²) in [5.41, 5.74) is 2.21. The molecule has 3 rings (SSSR count). The maximum Gasteiger partial charge on any atom is 0.306 e. The molecule has 7 nitrogen and oxygen atoms in total. The van der Waals surface area contributed by atoms with Crippen LogP contribution in [-0.4, -0.2) is 37.5 Å². The lowest BCUT2D eigenvalue weighted by Gasteiger charge is -2.16. The Morgan fingerprint density at radius 2 is 2.03 bits per heavy atom. The van der Waals surface area contributed by atoms with E-state index in [4.69, 9.17) is 21.1 Å². The van der Waals surface area contributed by atoms with E-state index >= 15 is 0 Å². The van der Waals surface area contributed by atoms with E-state index < -0.39 is 11.9 Å². The number of amides is 2. The summed E-state index contributed by atoms with van der Waals surface area (Å²) in [6.45, 7) is 2.54. The van der Waals surface area contributed by atoms with Gasteiger partial charge in [0.05, 0.1) is 6.61 Å². The van der Waals surface area contributed by atoms with E-state index in [-0.39, 0.29) is 18.9 Å². The molecule has 31 heavy (non-hydrogen) atoms. The van der Waals surface area contributed by atoms with Crippen LogP contribution in [0.25, 0.3) is 0 Å². The summed E-state index contributed by atoms with van der Waals surface area (Å²) in [7, 11) is 0. The van der Waals surface area contributed by atoms with E-state index in [1.807, 2.05) is 19.1 Å². The quantitative estimate of drug-likeness (QED) is 0.464. The van der Waals surface area contributed by atoms with E-state index in [1.165, 1.54) is 0 Å². The van der Waals surface area contributed by atoms with Crippen molar-refractivity contribution in [2.75, 3.05) is 30.0 Å². The summed E-state index contributed by atoms with van der Waals surface area (Å²) >= 11 is 5.97. The molecule has 2 aromatic rings. The maximum atomic E-state index is 12.1. The number of esters is 1. The van der Waals surface area contributed by atoms with Gasteiger partial charge in [-0.05, 0) is 61.7 Å². The summed E-state index contributed by atoms with van der Waals surface area (Å²) in [6.07, 6.45) is 1.98. The molecule has 1 heterocycles. The number of rotatable bonds is 9. The highest BCUT2D eigenvalue weighted by atomic mass is 35.5. The third-order valence-electron chi connectivity index (χ3n) is 4.80. The average molecular weight is 445 g/mol. The van der Waals surface area contributed by atoms with Crippen LogP contribution < -0.4 is 15.0 Å². The minimum Gasteiger partial charge on any atom is -0.494 e. The van der Waals surface area contributed by atoms with Gasteiger partial charge in [0.2, 0.25) is 5.91 Å². The SMILES string of the molecule is Cc1cc(OCCCC(=O)OCC(=O)Nc2cccc(N3CCCC3=O)c2)ccc1Cl. The van der Waals surface area contributed by atoms with E-state index in [1.54, 1.807) is 35.2 Å². The molecule has 1 aliphatic heterocycles. The molecule has 8 heteroatoms. The van der Waals surface area contributed by atoms with Crippen LogP contribution in [0.3, 0.4) is 0 Å². The van der Waals surface area contributed by atoms with Gasteiger partial charge in [-0.25, -0.2) is 0 Å². The molecule has 164 valence electrons. The zero-order valence-electron chi connectivity index (χ0n) is 17.4. The van der Waals surface area contributed by atoms with E-state index in [0.717, 1.165) is 17.7 Å². The number of nitrogens with one attached hydrogen (secondary N) is 1. The number of benzene rings is 2. The Kier molecular flexibility index (Phi) is 7.89. The van der Waals surface area contributed by atoms with Gasteiger partial charge in [0.15, 0.2) is 6.61 Å². The Labute approximate surface area is 186 Å². The van der Waals surface area contributed by atoms with Crippen LogP contribution in [0.4, 0.5) is 11.4 Å². The second-order valence-electron chi connectivity index (χ2n) is 7.27. The molecular weight excluding hydrogens is 420 g/mol. The van der Waals surface area contributed by atoms with Gasteiger partial charge in [-0.2, -0.15) is 0 Å². The zero-order valence-corrected chi connectivity index (χ0v) is 18.1. The molecule has 1 fully saturated rings. The monoisotopic (exact) mass is 444 g/mol. The standard InChI is InChI=1S/C23H25ClN2O5/c1-16-13-19(9-10-20(16)24)30-12-4-8-23(29)31-15-21(27)25-17-5-2-6-18(14-17)26-11-3-7-22(26)28/h2,5-6,9-10,13-14H,3-4,7-8,11-12,15H2,1H3,(H,25,27). The number of nitrogens with zero attached hydrogens (tertiary/aromatic N) is 1. The molecule has 0 unspecified atom stereocenters. The minimum atomic E-state index is -0.470. The highest BCUT2D eigenvalue weighted by molar-refractivity contribution is 6.31. The number of hydrogen-bond acceptors (Lipinski definition) is 5. The summed E-state index contributed by atoms with van der Waals surface area (Å²) in [6, 6.07) is 12.4. The van der Waals surface area contributed by atoms with Crippen molar-refractivity contribution in [1.29, 1.82) is 0 Å². The number of halogens is 1. The fraction of sp³-hybridized carbons (Fsp3) is 0.348. The van der Waals surface area contributed by atoms with Crippen molar-refractivity contribution in [3.8, 4) is 5.75 Å². The van der Waals surface area contributed by atoms with Gasteiger partial charge < -0.3 is 19.7 Å². The number of aryl methyl sites for hydroxylation is 1. The second kappa shape index (κ2) is 10.8. The van der Waals surface area contributed by atoms with Crippen molar-refractivity contribution in [2.24, 2.45) is 0 Å². The van der Waals surface area contributed by atoms with Crippen LogP contribution >= 0.6 is 11.6 Å². The molecule has 0 spiro atoms. The molecule has 0 aromatic heterocycles. The maximum absolute atomic E-state index is 12.1. The van der Waals surface area contributed by atoms with Crippen LogP contribution in [-0.2, 0) is 19.1 Å². The minimum absolute atomic E-state index is 0.0765. The van der Waals surface area contributed by atoms with Gasteiger partial charge in [-0.3, -0.25) is 14.4 Å². The van der Waals surface area contributed by atoms with E-state index in [9.17, 15) is 14.4 Å².